The van der Waals surface area contributed by atoms with Crippen molar-refractivity contribution in [3.05, 3.63) is 17.1 Å². The summed E-state index contributed by atoms with van der Waals surface area (Å²) in [6.45, 7) is 0.622. The van der Waals surface area contributed by atoms with E-state index in [1.54, 1.807) is 0 Å². The van der Waals surface area contributed by atoms with Crippen LogP contribution < -0.4 is 5.73 Å². The predicted molar refractivity (Wildman–Crippen MR) is 42.7 cm³/mol. The SMILES string of the molecule is NCCC#Cc1ccsn1. The van der Waals surface area contributed by atoms with Gasteiger partial charge in [0.25, 0.3) is 0 Å². The number of hydrogen-bond acceptors (Lipinski definition) is 3. The minimum absolute atomic E-state index is 0.622. The average molecular weight is 152 g/mol. The number of hydrogen-bond donors (Lipinski definition) is 1. The molecule has 0 atom stereocenters. The highest BCUT2D eigenvalue weighted by Gasteiger charge is 1.83. The Morgan fingerprint density at radius 2 is 2.60 bits per heavy atom. The van der Waals surface area contributed by atoms with E-state index in [-0.39, 0.29) is 0 Å². The lowest BCUT2D eigenvalue weighted by Gasteiger charge is -1.77. The van der Waals surface area contributed by atoms with Crippen LogP contribution in [0.15, 0.2) is 11.4 Å². The lowest BCUT2D eigenvalue weighted by Crippen LogP contribution is -1.95. The van der Waals surface area contributed by atoms with E-state index in [4.69, 9.17) is 5.73 Å². The van der Waals surface area contributed by atoms with Gasteiger partial charge in [0, 0.05) is 18.3 Å². The molecule has 0 aliphatic heterocycles. The van der Waals surface area contributed by atoms with Gasteiger partial charge in [-0.05, 0) is 23.5 Å². The van der Waals surface area contributed by atoms with Gasteiger partial charge in [0.2, 0.25) is 0 Å². The summed E-state index contributed by atoms with van der Waals surface area (Å²) in [6, 6.07) is 1.90. The largest absolute Gasteiger partial charge is 0.330 e. The molecule has 2 N–H and O–H groups in total. The Morgan fingerprint density at radius 1 is 1.70 bits per heavy atom. The van der Waals surface area contributed by atoms with E-state index < -0.39 is 0 Å². The van der Waals surface area contributed by atoms with Gasteiger partial charge in [0.1, 0.15) is 5.69 Å². The number of rotatable bonds is 1. The van der Waals surface area contributed by atoms with Crippen molar-refractivity contribution in [2.75, 3.05) is 6.54 Å². The van der Waals surface area contributed by atoms with Gasteiger partial charge in [0.15, 0.2) is 0 Å². The Hall–Kier alpha value is -0.850. The van der Waals surface area contributed by atoms with Gasteiger partial charge in [-0.15, -0.1) is 0 Å². The lowest BCUT2D eigenvalue weighted by atomic mass is 10.4. The highest BCUT2D eigenvalue weighted by atomic mass is 32.1. The number of nitrogens with zero attached hydrogens (tertiary/aromatic N) is 1. The third kappa shape index (κ3) is 2.18. The number of nitrogens with two attached hydrogens (primary N) is 1. The molecule has 0 spiro atoms. The zero-order valence-corrected chi connectivity index (χ0v) is 6.32. The van der Waals surface area contributed by atoms with E-state index in [1.165, 1.54) is 11.5 Å². The van der Waals surface area contributed by atoms with Gasteiger partial charge >= 0.3 is 0 Å². The Kier molecular flexibility index (Phi) is 2.94. The third-order valence-corrected chi connectivity index (χ3v) is 1.48. The van der Waals surface area contributed by atoms with Crippen molar-refractivity contribution in [2.24, 2.45) is 5.73 Å². The van der Waals surface area contributed by atoms with Crippen LogP contribution in [-0.2, 0) is 0 Å². The highest BCUT2D eigenvalue weighted by molar-refractivity contribution is 7.03. The maximum Gasteiger partial charge on any atom is 0.126 e. The first-order valence-electron chi connectivity index (χ1n) is 3.03. The molecule has 2 nitrogen and oxygen atoms in total. The van der Waals surface area contributed by atoms with Crippen LogP contribution >= 0.6 is 11.5 Å². The van der Waals surface area contributed by atoms with Crippen LogP contribution in [0.5, 0.6) is 0 Å². The molecule has 1 aromatic rings. The predicted octanol–water partition coefficient (Wildman–Crippen LogP) is 0.843. The molecule has 1 aromatic heterocycles. The standard InChI is InChI=1S/C7H8N2S/c8-5-2-1-3-7-4-6-10-9-7/h4,6H,2,5,8H2. The molecule has 0 aromatic carbocycles. The summed E-state index contributed by atoms with van der Waals surface area (Å²) >= 11 is 1.41. The third-order valence-electron chi connectivity index (χ3n) is 0.924. The van der Waals surface area contributed by atoms with Gasteiger partial charge in [-0.3, -0.25) is 0 Å². The van der Waals surface area contributed by atoms with Crippen molar-refractivity contribution in [3.63, 3.8) is 0 Å². The first-order chi connectivity index (χ1) is 4.93. The second kappa shape index (κ2) is 4.04. The van der Waals surface area contributed by atoms with E-state index >= 15 is 0 Å². The molecule has 0 unspecified atom stereocenters. The van der Waals surface area contributed by atoms with E-state index in [9.17, 15) is 0 Å². The van der Waals surface area contributed by atoms with Gasteiger partial charge in [0.05, 0.1) is 0 Å². The van der Waals surface area contributed by atoms with E-state index in [0.717, 1.165) is 12.1 Å². The van der Waals surface area contributed by atoms with Crippen molar-refractivity contribution in [1.82, 2.24) is 4.37 Å². The minimum Gasteiger partial charge on any atom is -0.330 e. The normalized spacial score (nSPS) is 8.50. The second-order valence-electron chi connectivity index (χ2n) is 1.73. The Bertz CT molecular complexity index is 230. The fraction of sp³-hybridized carbons (Fsp3) is 0.286. The first-order valence-corrected chi connectivity index (χ1v) is 3.86. The van der Waals surface area contributed by atoms with E-state index in [0.29, 0.717) is 6.54 Å². The Labute approximate surface area is 64.2 Å². The second-order valence-corrected chi connectivity index (χ2v) is 2.39. The van der Waals surface area contributed by atoms with Crippen LogP contribution in [0.3, 0.4) is 0 Å². The Morgan fingerprint density at radius 3 is 3.20 bits per heavy atom. The molecule has 10 heavy (non-hydrogen) atoms. The molecule has 1 rings (SSSR count). The zero-order valence-electron chi connectivity index (χ0n) is 5.50. The van der Waals surface area contributed by atoms with Gasteiger partial charge in [-0.25, -0.2) is 0 Å². The van der Waals surface area contributed by atoms with Crippen molar-refractivity contribution in [3.8, 4) is 11.8 Å². The molecule has 0 amide bonds. The molecule has 0 bridgehead atoms. The maximum absolute atomic E-state index is 5.25. The van der Waals surface area contributed by atoms with Crippen molar-refractivity contribution >= 4 is 11.5 Å². The molecular formula is C7H8N2S. The van der Waals surface area contributed by atoms with Gasteiger partial charge in [-0.1, -0.05) is 5.92 Å². The molecule has 1 heterocycles. The smallest absolute Gasteiger partial charge is 0.126 e. The van der Waals surface area contributed by atoms with Crippen LogP contribution in [-0.4, -0.2) is 10.9 Å². The van der Waals surface area contributed by atoms with Crippen LogP contribution in [0.1, 0.15) is 12.1 Å². The van der Waals surface area contributed by atoms with Crippen molar-refractivity contribution < 1.29 is 0 Å². The Balaban J connectivity index is 2.49. The summed E-state index contributed by atoms with van der Waals surface area (Å²) in [6.07, 6.45) is 0.748. The molecule has 3 heteroatoms. The summed E-state index contributed by atoms with van der Waals surface area (Å²) in [4.78, 5) is 0. The summed E-state index contributed by atoms with van der Waals surface area (Å²) < 4.78 is 4.02. The molecule has 0 fully saturated rings. The molecule has 0 saturated carbocycles. The molecular weight excluding hydrogens is 144 g/mol. The quantitative estimate of drug-likeness (QED) is 0.606. The molecule has 0 aliphatic carbocycles. The van der Waals surface area contributed by atoms with E-state index in [2.05, 4.69) is 16.2 Å². The zero-order chi connectivity index (χ0) is 7.23. The van der Waals surface area contributed by atoms with Crippen molar-refractivity contribution in [1.29, 1.82) is 0 Å². The summed E-state index contributed by atoms with van der Waals surface area (Å²) in [5, 5.41) is 1.91. The van der Waals surface area contributed by atoms with Crippen LogP contribution in [0.25, 0.3) is 0 Å². The molecule has 0 saturated heterocycles. The fourth-order valence-electron chi connectivity index (χ4n) is 0.502. The topological polar surface area (TPSA) is 38.9 Å². The van der Waals surface area contributed by atoms with Crippen LogP contribution in [0.4, 0.5) is 0 Å². The lowest BCUT2D eigenvalue weighted by molar-refractivity contribution is 1.03. The van der Waals surface area contributed by atoms with Crippen molar-refractivity contribution in [2.45, 2.75) is 6.42 Å². The maximum atomic E-state index is 5.25. The van der Waals surface area contributed by atoms with Gasteiger partial charge in [-0.2, -0.15) is 4.37 Å². The average Bonchev–Trinajstić information content (AvgIpc) is 2.41. The van der Waals surface area contributed by atoms with E-state index in [1.807, 2.05) is 11.4 Å². The monoisotopic (exact) mass is 152 g/mol. The molecule has 52 valence electrons. The highest BCUT2D eigenvalue weighted by Crippen LogP contribution is 1.96. The number of aromatic nitrogens is 1. The van der Waals surface area contributed by atoms with Crippen LogP contribution in [0, 0.1) is 11.8 Å². The van der Waals surface area contributed by atoms with Gasteiger partial charge < -0.3 is 5.73 Å². The molecule has 0 radical (unpaired) electrons. The molecule has 0 aliphatic rings. The summed E-state index contributed by atoms with van der Waals surface area (Å²) in [7, 11) is 0. The fourth-order valence-corrected chi connectivity index (χ4v) is 0.973. The van der Waals surface area contributed by atoms with Crippen LogP contribution in [0.2, 0.25) is 0 Å². The summed E-state index contributed by atoms with van der Waals surface area (Å²) in [5.74, 6) is 5.80. The first kappa shape index (κ1) is 7.26. The minimum atomic E-state index is 0.622. The summed E-state index contributed by atoms with van der Waals surface area (Å²) in [5.41, 5.74) is 6.09.